The summed E-state index contributed by atoms with van der Waals surface area (Å²) in [5.41, 5.74) is 3.73. The highest BCUT2D eigenvalue weighted by Gasteiger charge is 2.19. The van der Waals surface area contributed by atoms with Crippen molar-refractivity contribution in [3.05, 3.63) is 53.1 Å². The third-order valence-electron chi connectivity index (χ3n) is 4.91. The number of fused-ring (bicyclic) bond motifs is 1. The van der Waals surface area contributed by atoms with E-state index in [0.29, 0.717) is 11.5 Å². The summed E-state index contributed by atoms with van der Waals surface area (Å²) >= 11 is 0. The molecule has 2 aliphatic heterocycles. The first-order valence-corrected chi connectivity index (χ1v) is 9.37. The predicted molar refractivity (Wildman–Crippen MR) is 102 cm³/mol. The van der Waals surface area contributed by atoms with Crippen molar-refractivity contribution in [1.29, 1.82) is 0 Å². The molecule has 144 valence electrons. The van der Waals surface area contributed by atoms with Crippen LogP contribution in [0.25, 0.3) is 0 Å². The third kappa shape index (κ3) is 4.53. The normalized spacial score (nSPS) is 16.5. The van der Waals surface area contributed by atoms with Gasteiger partial charge in [-0.1, -0.05) is 24.3 Å². The van der Waals surface area contributed by atoms with Crippen molar-refractivity contribution in [1.82, 2.24) is 10.2 Å². The molecule has 0 unspecified atom stereocenters. The zero-order valence-electron chi connectivity index (χ0n) is 15.7. The fraction of sp³-hybridized carbons (Fsp3) is 0.429. The second kappa shape index (κ2) is 8.61. The molecule has 2 aromatic rings. The van der Waals surface area contributed by atoms with Gasteiger partial charge in [-0.25, -0.2) is 0 Å². The van der Waals surface area contributed by atoms with Crippen molar-refractivity contribution in [2.24, 2.45) is 0 Å². The molecule has 27 heavy (non-hydrogen) atoms. The molecule has 0 bridgehead atoms. The van der Waals surface area contributed by atoms with Crippen LogP contribution >= 0.6 is 0 Å². The zero-order valence-corrected chi connectivity index (χ0v) is 15.7. The Morgan fingerprint density at radius 3 is 2.48 bits per heavy atom. The van der Waals surface area contributed by atoms with Crippen LogP contribution in [0.5, 0.6) is 17.2 Å². The molecule has 1 N–H and O–H groups in total. The minimum atomic E-state index is 0.249. The number of morpholine rings is 1. The van der Waals surface area contributed by atoms with Gasteiger partial charge in [0, 0.05) is 32.7 Å². The van der Waals surface area contributed by atoms with Gasteiger partial charge in [0.2, 0.25) is 12.5 Å². The Hall–Kier alpha value is -2.28. The summed E-state index contributed by atoms with van der Waals surface area (Å²) in [6.45, 7) is 6.51. The Kier molecular flexibility index (Phi) is 5.77. The summed E-state index contributed by atoms with van der Waals surface area (Å²) in [4.78, 5) is 2.43. The molecule has 2 aromatic carbocycles. The van der Waals surface area contributed by atoms with Crippen LogP contribution in [0.15, 0.2) is 36.4 Å². The van der Waals surface area contributed by atoms with Crippen LogP contribution in [0.1, 0.15) is 16.7 Å². The van der Waals surface area contributed by atoms with Gasteiger partial charge in [0.1, 0.15) is 0 Å². The molecular weight excluding hydrogens is 344 g/mol. The van der Waals surface area contributed by atoms with E-state index in [4.69, 9.17) is 18.9 Å². The van der Waals surface area contributed by atoms with Crippen molar-refractivity contribution in [3.8, 4) is 17.2 Å². The molecule has 0 aliphatic carbocycles. The number of nitrogens with one attached hydrogen (secondary N) is 1. The molecule has 0 atom stereocenters. The molecule has 0 amide bonds. The number of methoxy groups -OCH3 is 1. The number of nitrogens with zero attached hydrogens (tertiary/aromatic N) is 1. The van der Waals surface area contributed by atoms with Crippen LogP contribution in [0.3, 0.4) is 0 Å². The average molecular weight is 370 g/mol. The van der Waals surface area contributed by atoms with Gasteiger partial charge >= 0.3 is 0 Å². The Morgan fingerprint density at radius 1 is 0.963 bits per heavy atom. The number of hydrogen-bond acceptors (Lipinski definition) is 6. The molecule has 1 fully saturated rings. The summed E-state index contributed by atoms with van der Waals surface area (Å²) in [5, 5.41) is 3.48. The van der Waals surface area contributed by atoms with Crippen LogP contribution in [0.4, 0.5) is 0 Å². The first-order valence-electron chi connectivity index (χ1n) is 9.37. The van der Waals surface area contributed by atoms with E-state index in [9.17, 15) is 0 Å². The van der Waals surface area contributed by atoms with Crippen LogP contribution in [-0.4, -0.2) is 45.1 Å². The standard InChI is InChI=1S/C21H26N2O4/c1-24-19-10-18(11-20-21(19)27-15-26-20)13-22-12-16-2-4-17(5-3-16)14-23-6-8-25-9-7-23/h2-5,10-11,22H,6-9,12-15H2,1H3. The van der Waals surface area contributed by atoms with E-state index < -0.39 is 0 Å². The Morgan fingerprint density at radius 2 is 1.70 bits per heavy atom. The second-order valence-corrected chi connectivity index (χ2v) is 6.84. The van der Waals surface area contributed by atoms with Crippen LogP contribution in [-0.2, 0) is 24.4 Å². The van der Waals surface area contributed by atoms with Crippen molar-refractivity contribution in [3.63, 3.8) is 0 Å². The highest BCUT2D eigenvalue weighted by Crippen LogP contribution is 2.41. The molecule has 2 heterocycles. The monoisotopic (exact) mass is 370 g/mol. The first-order chi connectivity index (χ1) is 13.3. The number of ether oxygens (including phenoxy) is 4. The second-order valence-electron chi connectivity index (χ2n) is 6.84. The lowest BCUT2D eigenvalue weighted by atomic mass is 10.1. The van der Waals surface area contributed by atoms with E-state index >= 15 is 0 Å². The maximum atomic E-state index is 5.48. The quantitative estimate of drug-likeness (QED) is 0.808. The molecule has 0 saturated carbocycles. The largest absolute Gasteiger partial charge is 0.493 e. The van der Waals surface area contributed by atoms with Gasteiger partial charge in [0.15, 0.2) is 11.5 Å². The maximum Gasteiger partial charge on any atom is 0.231 e. The molecule has 2 aliphatic rings. The fourth-order valence-electron chi connectivity index (χ4n) is 3.42. The molecule has 1 saturated heterocycles. The topological polar surface area (TPSA) is 52.2 Å². The number of benzene rings is 2. The van der Waals surface area contributed by atoms with Crippen LogP contribution < -0.4 is 19.5 Å². The van der Waals surface area contributed by atoms with Gasteiger partial charge in [0.05, 0.1) is 20.3 Å². The fourth-order valence-corrected chi connectivity index (χ4v) is 3.42. The smallest absolute Gasteiger partial charge is 0.231 e. The van der Waals surface area contributed by atoms with Gasteiger partial charge in [-0.2, -0.15) is 0 Å². The highest BCUT2D eigenvalue weighted by molar-refractivity contribution is 5.55. The summed E-state index contributed by atoms with van der Waals surface area (Å²) in [6.07, 6.45) is 0. The molecule has 0 spiro atoms. The maximum absolute atomic E-state index is 5.48. The molecule has 6 heteroatoms. The van der Waals surface area contributed by atoms with Crippen molar-refractivity contribution in [2.75, 3.05) is 40.2 Å². The van der Waals surface area contributed by atoms with Crippen molar-refractivity contribution in [2.45, 2.75) is 19.6 Å². The Labute approximate surface area is 160 Å². The molecule has 4 rings (SSSR count). The van der Waals surface area contributed by atoms with Crippen LogP contribution in [0.2, 0.25) is 0 Å². The van der Waals surface area contributed by atoms with Crippen molar-refractivity contribution >= 4 is 0 Å². The number of rotatable bonds is 7. The third-order valence-corrected chi connectivity index (χ3v) is 4.91. The summed E-state index contributed by atoms with van der Waals surface area (Å²) in [6, 6.07) is 12.8. The van der Waals surface area contributed by atoms with E-state index in [0.717, 1.165) is 57.3 Å². The van der Waals surface area contributed by atoms with Gasteiger partial charge < -0.3 is 24.3 Å². The summed E-state index contributed by atoms with van der Waals surface area (Å²) in [7, 11) is 1.65. The molecule has 0 radical (unpaired) electrons. The Balaban J connectivity index is 1.29. The zero-order chi connectivity index (χ0) is 18.5. The van der Waals surface area contributed by atoms with E-state index in [-0.39, 0.29) is 6.79 Å². The van der Waals surface area contributed by atoms with Crippen LogP contribution in [0, 0.1) is 0 Å². The van der Waals surface area contributed by atoms with Gasteiger partial charge in [-0.05, 0) is 28.8 Å². The highest BCUT2D eigenvalue weighted by atomic mass is 16.7. The average Bonchev–Trinajstić information content (AvgIpc) is 3.18. The minimum absolute atomic E-state index is 0.249. The molecule has 0 aromatic heterocycles. The minimum Gasteiger partial charge on any atom is -0.493 e. The first kappa shape index (κ1) is 18.1. The lowest BCUT2D eigenvalue weighted by Crippen LogP contribution is -2.35. The number of hydrogen-bond donors (Lipinski definition) is 1. The summed E-state index contributed by atoms with van der Waals surface area (Å²) < 4.78 is 21.7. The molecular formula is C21H26N2O4. The Bertz CT molecular complexity index is 758. The summed E-state index contributed by atoms with van der Waals surface area (Å²) in [5.74, 6) is 2.16. The lowest BCUT2D eigenvalue weighted by molar-refractivity contribution is 0.0342. The van der Waals surface area contributed by atoms with Crippen molar-refractivity contribution < 1.29 is 18.9 Å². The predicted octanol–water partition coefficient (Wildman–Crippen LogP) is 2.55. The lowest BCUT2D eigenvalue weighted by Gasteiger charge is -2.26. The van der Waals surface area contributed by atoms with E-state index in [1.807, 2.05) is 12.1 Å². The van der Waals surface area contributed by atoms with Gasteiger partial charge in [0.25, 0.3) is 0 Å². The van der Waals surface area contributed by atoms with E-state index in [1.165, 1.54) is 11.1 Å². The van der Waals surface area contributed by atoms with Gasteiger partial charge in [-0.3, -0.25) is 4.90 Å². The SMILES string of the molecule is COc1cc(CNCc2ccc(CN3CCOCC3)cc2)cc2c1OCO2. The van der Waals surface area contributed by atoms with E-state index in [1.54, 1.807) is 7.11 Å². The molecule has 6 nitrogen and oxygen atoms in total. The van der Waals surface area contributed by atoms with E-state index in [2.05, 4.69) is 34.5 Å². The van der Waals surface area contributed by atoms with Gasteiger partial charge in [-0.15, -0.1) is 0 Å².